The van der Waals surface area contributed by atoms with Crippen LogP contribution in [0.2, 0.25) is 18.6 Å². The number of hydrogen-bond donors (Lipinski definition) is 0. The van der Waals surface area contributed by atoms with Gasteiger partial charge in [0.1, 0.15) is 0 Å². The lowest BCUT2D eigenvalue weighted by Gasteiger charge is -2.33. The standard InChI is InChI=1S/C13H24O2Si/c1-16(8-3-2-7-14-16)9-6-11-4-5-12-13(10-11)15-12/h11-13H,2-10H2,1H3. The lowest BCUT2D eigenvalue weighted by molar-refractivity contribution is 0.264. The zero-order chi connectivity index (χ0) is 11.0. The Morgan fingerprint density at radius 1 is 1.19 bits per heavy atom. The van der Waals surface area contributed by atoms with Gasteiger partial charge >= 0.3 is 0 Å². The molecule has 0 bridgehead atoms. The lowest BCUT2D eigenvalue weighted by atomic mass is 9.88. The Labute approximate surface area is 99.8 Å². The topological polar surface area (TPSA) is 21.8 Å². The highest BCUT2D eigenvalue weighted by Crippen LogP contribution is 2.42. The second-order valence-corrected chi connectivity index (χ2v) is 10.4. The monoisotopic (exact) mass is 240 g/mol. The van der Waals surface area contributed by atoms with E-state index >= 15 is 0 Å². The molecular formula is C13H24O2Si. The molecule has 0 aromatic heterocycles. The van der Waals surface area contributed by atoms with E-state index in [-0.39, 0.29) is 0 Å². The molecule has 4 unspecified atom stereocenters. The summed E-state index contributed by atoms with van der Waals surface area (Å²) in [5, 5.41) is 0. The van der Waals surface area contributed by atoms with Crippen LogP contribution in [0.5, 0.6) is 0 Å². The molecule has 1 saturated carbocycles. The Morgan fingerprint density at radius 2 is 2.12 bits per heavy atom. The van der Waals surface area contributed by atoms with E-state index in [0.29, 0.717) is 12.2 Å². The molecule has 3 fully saturated rings. The Kier molecular flexibility index (Phi) is 3.11. The molecule has 4 atom stereocenters. The smallest absolute Gasteiger partial charge is 0.189 e. The van der Waals surface area contributed by atoms with Crippen LogP contribution in [0.25, 0.3) is 0 Å². The summed E-state index contributed by atoms with van der Waals surface area (Å²) in [7, 11) is -1.27. The molecule has 0 aromatic carbocycles. The van der Waals surface area contributed by atoms with Crippen molar-refractivity contribution in [3.8, 4) is 0 Å². The van der Waals surface area contributed by atoms with Gasteiger partial charge in [-0.05, 0) is 50.2 Å². The normalized spacial score (nSPS) is 47.4. The predicted molar refractivity (Wildman–Crippen MR) is 67.0 cm³/mol. The van der Waals surface area contributed by atoms with Crippen LogP contribution in [0.3, 0.4) is 0 Å². The number of hydrogen-bond acceptors (Lipinski definition) is 2. The van der Waals surface area contributed by atoms with Crippen molar-refractivity contribution in [1.82, 2.24) is 0 Å². The first kappa shape index (κ1) is 11.2. The van der Waals surface area contributed by atoms with E-state index in [1.54, 1.807) is 0 Å². The summed E-state index contributed by atoms with van der Waals surface area (Å²) in [6, 6.07) is 2.80. The van der Waals surface area contributed by atoms with Crippen LogP contribution >= 0.6 is 0 Å². The molecular weight excluding hydrogens is 216 g/mol. The van der Waals surface area contributed by atoms with E-state index in [1.165, 1.54) is 50.6 Å². The van der Waals surface area contributed by atoms with Crippen LogP contribution in [0.15, 0.2) is 0 Å². The molecule has 1 aliphatic carbocycles. The number of epoxide rings is 1. The van der Waals surface area contributed by atoms with Gasteiger partial charge in [0, 0.05) is 6.61 Å². The maximum atomic E-state index is 6.10. The van der Waals surface area contributed by atoms with Crippen molar-refractivity contribution in [2.45, 2.75) is 69.4 Å². The SMILES string of the molecule is C[Si]1(CCC2CCC3OC3C2)CCCCO1. The minimum Gasteiger partial charge on any atom is -0.417 e. The van der Waals surface area contributed by atoms with Crippen molar-refractivity contribution in [1.29, 1.82) is 0 Å². The fraction of sp³-hybridized carbons (Fsp3) is 1.00. The Balaban J connectivity index is 1.44. The summed E-state index contributed by atoms with van der Waals surface area (Å²) >= 11 is 0. The molecule has 3 aliphatic rings. The van der Waals surface area contributed by atoms with Gasteiger partial charge in [-0.15, -0.1) is 0 Å². The summed E-state index contributed by atoms with van der Waals surface area (Å²) in [5.74, 6) is 0.943. The summed E-state index contributed by atoms with van der Waals surface area (Å²) in [4.78, 5) is 0. The molecule has 3 rings (SSSR count). The molecule has 0 aromatic rings. The van der Waals surface area contributed by atoms with Crippen molar-refractivity contribution < 1.29 is 9.16 Å². The molecule has 92 valence electrons. The molecule has 2 saturated heterocycles. The van der Waals surface area contributed by atoms with Gasteiger partial charge in [0.25, 0.3) is 0 Å². The second-order valence-electron chi connectivity index (χ2n) is 6.19. The fourth-order valence-electron chi connectivity index (χ4n) is 3.45. The van der Waals surface area contributed by atoms with Gasteiger partial charge < -0.3 is 9.16 Å². The highest BCUT2D eigenvalue weighted by molar-refractivity contribution is 6.72. The molecule has 0 spiro atoms. The summed E-state index contributed by atoms with van der Waals surface area (Å²) in [6.45, 7) is 3.49. The number of fused-ring (bicyclic) bond motifs is 1. The van der Waals surface area contributed by atoms with E-state index < -0.39 is 8.32 Å². The van der Waals surface area contributed by atoms with Crippen LogP contribution in [0.4, 0.5) is 0 Å². The molecule has 3 heteroatoms. The molecule has 2 nitrogen and oxygen atoms in total. The highest BCUT2D eigenvalue weighted by Gasteiger charge is 2.44. The first-order valence-electron chi connectivity index (χ1n) is 7.05. The third-order valence-electron chi connectivity index (χ3n) is 4.74. The van der Waals surface area contributed by atoms with Crippen molar-refractivity contribution in [3.63, 3.8) is 0 Å². The zero-order valence-corrected chi connectivity index (χ0v) is 11.4. The highest BCUT2D eigenvalue weighted by atomic mass is 28.4. The minimum absolute atomic E-state index is 0.653. The number of rotatable bonds is 3. The van der Waals surface area contributed by atoms with Crippen LogP contribution in [-0.2, 0) is 9.16 Å². The van der Waals surface area contributed by atoms with Crippen LogP contribution in [-0.4, -0.2) is 27.1 Å². The predicted octanol–water partition coefficient (Wildman–Crippen LogP) is 3.33. The molecule has 0 N–H and O–H groups in total. The van der Waals surface area contributed by atoms with Crippen LogP contribution in [0, 0.1) is 5.92 Å². The third-order valence-corrected chi connectivity index (χ3v) is 8.40. The van der Waals surface area contributed by atoms with Gasteiger partial charge in [-0.2, -0.15) is 0 Å². The van der Waals surface area contributed by atoms with Gasteiger partial charge in [-0.3, -0.25) is 0 Å². The maximum Gasteiger partial charge on any atom is 0.189 e. The second kappa shape index (κ2) is 4.43. The summed E-state index contributed by atoms with van der Waals surface area (Å²) < 4.78 is 11.7. The summed E-state index contributed by atoms with van der Waals surface area (Å²) in [6.07, 6.45) is 9.52. The lowest BCUT2D eigenvalue weighted by Crippen LogP contribution is -2.38. The number of ether oxygens (including phenoxy) is 1. The third kappa shape index (κ3) is 2.52. The van der Waals surface area contributed by atoms with E-state index in [2.05, 4.69) is 6.55 Å². The van der Waals surface area contributed by atoms with Gasteiger partial charge in [0.05, 0.1) is 12.2 Å². The molecule has 0 radical (unpaired) electrons. The van der Waals surface area contributed by atoms with Gasteiger partial charge in [0.15, 0.2) is 8.32 Å². The minimum atomic E-state index is -1.27. The van der Waals surface area contributed by atoms with E-state index in [4.69, 9.17) is 9.16 Å². The summed E-state index contributed by atoms with van der Waals surface area (Å²) in [5.41, 5.74) is 0. The van der Waals surface area contributed by atoms with Crippen molar-refractivity contribution in [2.75, 3.05) is 6.61 Å². The fourth-order valence-corrected chi connectivity index (χ4v) is 6.64. The quantitative estimate of drug-likeness (QED) is 0.557. The average molecular weight is 240 g/mol. The van der Waals surface area contributed by atoms with E-state index in [0.717, 1.165) is 12.5 Å². The van der Waals surface area contributed by atoms with Crippen molar-refractivity contribution in [3.05, 3.63) is 0 Å². The molecule has 0 amide bonds. The zero-order valence-electron chi connectivity index (χ0n) is 10.4. The first-order chi connectivity index (χ1) is 7.75. The average Bonchev–Trinajstić information content (AvgIpc) is 3.06. The maximum absolute atomic E-state index is 6.10. The Hall–Kier alpha value is 0.137. The first-order valence-corrected chi connectivity index (χ1v) is 9.87. The van der Waals surface area contributed by atoms with Gasteiger partial charge in [0.2, 0.25) is 0 Å². The largest absolute Gasteiger partial charge is 0.417 e. The van der Waals surface area contributed by atoms with Crippen molar-refractivity contribution >= 4 is 8.32 Å². The van der Waals surface area contributed by atoms with Crippen molar-refractivity contribution in [2.24, 2.45) is 5.92 Å². The van der Waals surface area contributed by atoms with Crippen LogP contribution in [0.1, 0.15) is 38.5 Å². The van der Waals surface area contributed by atoms with Gasteiger partial charge in [-0.25, -0.2) is 0 Å². The van der Waals surface area contributed by atoms with Crippen LogP contribution < -0.4 is 0 Å². The van der Waals surface area contributed by atoms with Gasteiger partial charge in [-0.1, -0.05) is 12.8 Å². The molecule has 16 heavy (non-hydrogen) atoms. The molecule has 2 heterocycles. The molecule has 2 aliphatic heterocycles. The Morgan fingerprint density at radius 3 is 2.88 bits per heavy atom. The Bertz CT molecular complexity index is 250. The van der Waals surface area contributed by atoms with E-state index in [1.807, 2.05) is 0 Å². The van der Waals surface area contributed by atoms with E-state index in [9.17, 15) is 0 Å².